The molecular formula is C15H17ClN2O. The highest BCUT2D eigenvalue weighted by Crippen LogP contribution is 2.25. The zero-order valence-electron chi connectivity index (χ0n) is 11.1. The summed E-state index contributed by atoms with van der Waals surface area (Å²) in [4.78, 5) is 2.06. The van der Waals surface area contributed by atoms with Crippen molar-refractivity contribution >= 4 is 23.0 Å². The minimum atomic E-state index is 0.486. The Morgan fingerprint density at radius 3 is 2.37 bits per heavy atom. The van der Waals surface area contributed by atoms with E-state index in [0.717, 1.165) is 11.3 Å². The lowest BCUT2D eigenvalue weighted by Gasteiger charge is -2.13. The summed E-state index contributed by atoms with van der Waals surface area (Å²) in [5, 5.41) is 0.611. The summed E-state index contributed by atoms with van der Waals surface area (Å²) in [6.07, 6.45) is 0. The topological polar surface area (TPSA) is 38.5 Å². The van der Waals surface area contributed by atoms with Gasteiger partial charge in [0.25, 0.3) is 0 Å². The summed E-state index contributed by atoms with van der Waals surface area (Å²) < 4.78 is 5.68. The average molecular weight is 277 g/mol. The van der Waals surface area contributed by atoms with Crippen molar-refractivity contribution in [3.05, 3.63) is 53.1 Å². The fourth-order valence-corrected chi connectivity index (χ4v) is 1.88. The van der Waals surface area contributed by atoms with E-state index in [-0.39, 0.29) is 0 Å². The Bertz CT molecular complexity index is 553. The first-order valence-corrected chi connectivity index (χ1v) is 6.38. The van der Waals surface area contributed by atoms with Crippen LogP contribution < -0.4 is 15.4 Å². The van der Waals surface area contributed by atoms with Crippen molar-refractivity contribution < 1.29 is 4.74 Å². The highest BCUT2D eigenvalue weighted by molar-refractivity contribution is 6.30. The molecule has 4 heteroatoms. The van der Waals surface area contributed by atoms with Crippen LogP contribution >= 0.6 is 11.6 Å². The Kier molecular flexibility index (Phi) is 4.17. The van der Waals surface area contributed by atoms with E-state index in [9.17, 15) is 0 Å². The van der Waals surface area contributed by atoms with Crippen LogP contribution in [0.5, 0.6) is 5.75 Å². The third-order valence-electron chi connectivity index (χ3n) is 2.82. The summed E-state index contributed by atoms with van der Waals surface area (Å²) in [5.74, 6) is 0.654. The monoisotopic (exact) mass is 276 g/mol. The van der Waals surface area contributed by atoms with E-state index in [1.54, 1.807) is 18.2 Å². The normalized spacial score (nSPS) is 10.3. The summed E-state index contributed by atoms with van der Waals surface area (Å²) in [6.45, 7) is 0.486. The molecular weight excluding hydrogens is 260 g/mol. The van der Waals surface area contributed by atoms with Gasteiger partial charge in [0.2, 0.25) is 0 Å². The van der Waals surface area contributed by atoms with Crippen molar-refractivity contribution in [2.24, 2.45) is 0 Å². The van der Waals surface area contributed by atoms with E-state index in [1.807, 2.05) is 26.2 Å². The number of halogens is 1. The molecule has 0 saturated heterocycles. The molecule has 2 aromatic rings. The molecule has 0 aliphatic rings. The van der Waals surface area contributed by atoms with Gasteiger partial charge < -0.3 is 15.4 Å². The Labute approximate surface area is 118 Å². The number of ether oxygens (including phenoxy) is 1. The van der Waals surface area contributed by atoms with E-state index in [4.69, 9.17) is 22.1 Å². The lowest BCUT2D eigenvalue weighted by atomic mass is 10.2. The SMILES string of the molecule is CN(C)c1ccc(COc2ccc(Cl)cc2N)cc1. The van der Waals surface area contributed by atoms with E-state index in [0.29, 0.717) is 23.1 Å². The second kappa shape index (κ2) is 5.85. The van der Waals surface area contributed by atoms with E-state index < -0.39 is 0 Å². The Morgan fingerprint density at radius 2 is 1.79 bits per heavy atom. The van der Waals surface area contributed by atoms with Crippen LogP contribution in [0.3, 0.4) is 0 Å². The summed E-state index contributed by atoms with van der Waals surface area (Å²) in [6, 6.07) is 13.4. The van der Waals surface area contributed by atoms with Crippen molar-refractivity contribution in [1.82, 2.24) is 0 Å². The molecule has 0 bridgehead atoms. The largest absolute Gasteiger partial charge is 0.487 e. The highest BCUT2D eigenvalue weighted by Gasteiger charge is 2.02. The van der Waals surface area contributed by atoms with Crippen molar-refractivity contribution in [2.45, 2.75) is 6.61 Å². The first-order valence-electron chi connectivity index (χ1n) is 6.00. The maximum absolute atomic E-state index is 5.84. The number of nitrogens with zero attached hydrogens (tertiary/aromatic N) is 1. The van der Waals surface area contributed by atoms with Gasteiger partial charge in [-0.15, -0.1) is 0 Å². The molecule has 100 valence electrons. The number of nitrogens with two attached hydrogens (primary N) is 1. The van der Waals surface area contributed by atoms with Crippen molar-refractivity contribution in [3.8, 4) is 5.75 Å². The molecule has 2 aromatic carbocycles. The molecule has 3 nitrogen and oxygen atoms in total. The average Bonchev–Trinajstić information content (AvgIpc) is 2.38. The van der Waals surface area contributed by atoms with Gasteiger partial charge in [-0.25, -0.2) is 0 Å². The second-order valence-corrected chi connectivity index (χ2v) is 4.97. The van der Waals surface area contributed by atoms with Crippen LogP contribution in [0, 0.1) is 0 Å². The fraction of sp³-hybridized carbons (Fsp3) is 0.200. The first-order chi connectivity index (χ1) is 9.06. The molecule has 0 radical (unpaired) electrons. The third kappa shape index (κ3) is 3.55. The zero-order chi connectivity index (χ0) is 13.8. The first kappa shape index (κ1) is 13.6. The van der Waals surface area contributed by atoms with Gasteiger partial charge in [-0.3, -0.25) is 0 Å². The smallest absolute Gasteiger partial charge is 0.142 e. The van der Waals surface area contributed by atoms with Crippen LogP contribution in [-0.2, 0) is 6.61 Å². The maximum atomic E-state index is 5.84. The highest BCUT2D eigenvalue weighted by atomic mass is 35.5. The van der Waals surface area contributed by atoms with Crippen molar-refractivity contribution in [2.75, 3.05) is 24.7 Å². The molecule has 0 saturated carbocycles. The van der Waals surface area contributed by atoms with E-state index in [2.05, 4.69) is 17.0 Å². The van der Waals surface area contributed by atoms with Gasteiger partial charge in [0.05, 0.1) is 5.69 Å². The van der Waals surface area contributed by atoms with Crippen LogP contribution in [-0.4, -0.2) is 14.1 Å². The number of nitrogen functional groups attached to an aromatic ring is 1. The lowest BCUT2D eigenvalue weighted by Crippen LogP contribution is -2.08. The molecule has 0 heterocycles. The van der Waals surface area contributed by atoms with Crippen molar-refractivity contribution in [3.63, 3.8) is 0 Å². The number of hydrogen-bond acceptors (Lipinski definition) is 3. The van der Waals surface area contributed by atoms with Gasteiger partial charge in [0.1, 0.15) is 12.4 Å². The van der Waals surface area contributed by atoms with Crippen LogP contribution in [0.15, 0.2) is 42.5 Å². The van der Waals surface area contributed by atoms with Gasteiger partial charge in [0.15, 0.2) is 0 Å². The summed E-state index contributed by atoms with van der Waals surface area (Å²) in [5.41, 5.74) is 8.65. The number of anilines is 2. The maximum Gasteiger partial charge on any atom is 0.142 e. The lowest BCUT2D eigenvalue weighted by molar-refractivity contribution is 0.308. The minimum Gasteiger partial charge on any atom is -0.487 e. The minimum absolute atomic E-state index is 0.486. The van der Waals surface area contributed by atoms with Gasteiger partial charge in [-0.1, -0.05) is 23.7 Å². The summed E-state index contributed by atoms with van der Waals surface area (Å²) in [7, 11) is 4.03. The molecule has 2 N–H and O–H groups in total. The second-order valence-electron chi connectivity index (χ2n) is 4.53. The van der Waals surface area contributed by atoms with Crippen LogP contribution in [0.2, 0.25) is 5.02 Å². The number of hydrogen-bond donors (Lipinski definition) is 1. The predicted molar refractivity (Wildman–Crippen MR) is 81.0 cm³/mol. The fourth-order valence-electron chi connectivity index (χ4n) is 1.70. The Hall–Kier alpha value is -1.87. The quantitative estimate of drug-likeness (QED) is 0.868. The molecule has 0 aromatic heterocycles. The Balaban J connectivity index is 2.02. The van der Waals surface area contributed by atoms with Gasteiger partial charge >= 0.3 is 0 Å². The van der Waals surface area contributed by atoms with Gasteiger partial charge in [-0.05, 0) is 35.9 Å². The van der Waals surface area contributed by atoms with E-state index in [1.165, 1.54) is 0 Å². The molecule has 0 aliphatic carbocycles. The van der Waals surface area contributed by atoms with Crippen molar-refractivity contribution in [1.29, 1.82) is 0 Å². The number of benzene rings is 2. The molecule has 0 amide bonds. The van der Waals surface area contributed by atoms with Gasteiger partial charge in [-0.2, -0.15) is 0 Å². The van der Waals surface area contributed by atoms with E-state index >= 15 is 0 Å². The summed E-state index contributed by atoms with van der Waals surface area (Å²) >= 11 is 5.84. The molecule has 0 unspecified atom stereocenters. The molecule has 19 heavy (non-hydrogen) atoms. The zero-order valence-corrected chi connectivity index (χ0v) is 11.8. The standard InChI is InChI=1S/C15H17ClN2O/c1-18(2)13-6-3-11(4-7-13)10-19-15-8-5-12(16)9-14(15)17/h3-9H,10,17H2,1-2H3. The predicted octanol–water partition coefficient (Wildman–Crippen LogP) is 3.57. The van der Waals surface area contributed by atoms with Crippen LogP contribution in [0.25, 0.3) is 0 Å². The molecule has 2 rings (SSSR count). The van der Waals surface area contributed by atoms with Crippen LogP contribution in [0.1, 0.15) is 5.56 Å². The van der Waals surface area contributed by atoms with Gasteiger partial charge in [0, 0.05) is 24.8 Å². The van der Waals surface area contributed by atoms with Crippen LogP contribution in [0.4, 0.5) is 11.4 Å². The molecule has 0 spiro atoms. The third-order valence-corrected chi connectivity index (χ3v) is 3.05. The molecule has 0 aliphatic heterocycles. The Morgan fingerprint density at radius 1 is 1.11 bits per heavy atom. The number of rotatable bonds is 4. The molecule has 0 fully saturated rings. The molecule has 0 atom stereocenters.